The number of nitrogens with zero attached hydrogens (tertiary/aromatic N) is 1. The van der Waals surface area contributed by atoms with Crippen molar-refractivity contribution in [2.24, 2.45) is 0 Å². The predicted octanol–water partition coefficient (Wildman–Crippen LogP) is 3.68. The van der Waals surface area contributed by atoms with Gasteiger partial charge in [0.25, 0.3) is 0 Å². The first-order valence-electron chi connectivity index (χ1n) is 6.92. The van der Waals surface area contributed by atoms with Gasteiger partial charge in [-0.25, -0.2) is 4.39 Å². The van der Waals surface area contributed by atoms with Crippen LogP contribution in [0.5, 0.6) is 0 Å². The zero-order valence-electron chi connectivity index (χ0n) is 12.5. The van der Waals surface area contributed by atoms with Gasteiger partial charge in [0.2, 0.25) is 5.91 Å². The summed E-state index contributed by atoms with van der Waals surface area (Å²) in [6, 6.07) is 9.66. The second-order valence-electron chi connectivity index (χ2n) is 5.14. The molecule has 2 rings (SSSR count). The molecular formula is C16H18ClFN2OS. The maximum atomic E-state index is 12.8. The standard InChI is InChI=1S/C16H18ClFN2OS/c1-11(20(2)10-14-7-8-15(17)22-14)16(21)19-9-12-3-5-13(18)6-4-12/h3-8,11H,9-10H2,1-2H3,(H,19,21)/t11-/m0/s1. The highest BCUT2D eigenvalue weighted by molar-refractivity contribution is 7.16. The Morgan fingerprint density at radius 3 is 2.59 bits per heavy atom. The van der Waals surface area contributed by atoms with Crippen LogP contribution in [0, 0.1) is 5.82 Å². The first-order valence-corrected chi connectivity index (χ1v) is 8.12. The highest BCUT2D eigenvalue weighted by Crippen LogP contribution is 2.22. The van der Waals surface area contributed by atoms with Crippen molar-refractivity contribution >= 4 is 28.8 Å². The van der Waals surface area contributed by atoms with Gasteiger partial charge in [-0.2, -0.15) is 0 Å². The molecule has 22 heavy (non-hydrogen) atoms. The maximum Gasteiger partial charge on any atom is 0.237 e. The SMILES string of the molecule is C[C@@H](C(=O)NCc1ccc(F)cc1)N(C)Cc1ccc(Cl)s1. The monoisotopic (exact) mass is 340 g/mol. The van der Waals surface area contributed by atoms with E-state index < -0.39 is 0 Å². The first kappa shape index (κ1) is 16.9. The van der Waals surface area contributed by atoms with Gasteiger partial charge in [-0.3, -0.25) is 9.69 Å². The van der Waals surface area contributed by atoms with Crippen molar-refractivity contribution in [3.63, 3.8) is 0 Å². The minimum absolute atomic E-state index is 0.0607. The van der Waals surface area contributed by atoms with Gasteiger partial charge in [0.1, 0.15) is 5.82 Å². The molecule has 0 aliphatic rings. The molecule has 0 fully saturated rings. The van der Waals surface area contributed by atoms with E-state index in [9.17, 15) is 9.18 Å². The van der Waals surface area contributed by atoms with Crippen molar-refractivity contribution in [2.45, 2.75) is 26.1 Å². The normalized spacial score (nSPS) is 12.4. The molecule has 0 spiro atoms. The number of nitrogens with one attached hydrogen (secondary N) is 1. The smallest absolute Gasteiger partial charge is 0.237 e. The summed E-state index contributed by atoms with van der Waals surface area (Å²) in [5, 5.41) is 2.86. The molecule has 0 radical (unpaired) electrons. The third-order valence-electron chi connectivity index (χ3n) is 3.45. The summed E-state index contributed by atoms with van der Waals surface area (Å²) in [7, 11) is 1.90. The molecule has 0 aliphatic heterocycles. The van der Waals surface area contributed by atoms with E-state index in [4.69, 9.17) is 11.6 Å². The average molecular weight is 341 g/mol. The average Bonchev–Trinajstić information content (AvgIpc) is 2.90. The zero-order valence-corrected chi connectivity index (χ0v) is 14.0. The molecule has 0 unspecified atom stereocenters. The lowest BCUT2D eigenvalue weighted by atomic mass is 10.2. The van der Waals surface area contributed by atoms with E-state index in [-0.39, 0.29) is 17.8 Å². The number of hydrogen-bond acceptors (Lipinski definition) is 3. The molecule has 6 heteroatoms. The molecule has 1 heterocycles. The molecule has 0 aliphatic carbocycles. The molecule has 1 aromatic carbocycles. The summed E-state index contributed by atoms with van der Waals surface area (Å²) in [6.07, 6.45) is 0. The van der Waals surface area contributed by atoms with Crippen LogP contribution in [0.4, 0.5) is 4.39 Å². The van der Waals surface area contributed by atoms with Gasteiger partial charge in [-0.15, -0.1) is 11.3 Å². The summed E-state index contributed by atoms with van der Waals surface area (Å²) in [5.41, 5.74) is 0.870. The van der Waals surface area contributed by atoms with Gasteiger partial charge in [-0.05, 0) is 43.8 Å². The minimum atomic E-state index is -0.280. The Labute approximate surface area is 138 Å². The van der Waals surface area contributed by atoms with Crippen LogP contribution in [0.1, 0.15) is 17.4 Å². The maximum absolute atomic E-state index is 12.8. The predicted molar refractivity (Wildman–Crippen MR) is 88.5 cm³/mol. The van der Waals surface area contributed by atoms with Gasteiger partial charge >= 0.3 is 0 Å². The highest BCUT2D eigenvalue weighted by Gasteiger charge is 2.18. The third-order valence-corrected chi connectivity index (χ3v) is 4.67. The molecule has 2 aromatic rings. The zero-order chi connectivity index (χ0) is 16.1. The summed E-state index contributed by atoms with van der Waals surface area (Å²) in [4.78, 5) is 15.2. The van der Waals surface area contributed by atoms with Gasteiger partial charge in [0.05, 0.1) is 10.4 Å². The number of rotatable bonds is 6. The third kappa shape index (κ3) is 4.80. The molecule has 118 valence electrons. The molecule has 1 amide bonds. The van der Waals surface area contributed by atoms with Crippen LogP contribution in [0.3, 0.4) is 0 Å². The fraction of sp³-hybridized carbons (Fsp3) is 0.312. The fourth-order valence-corrected chi connectivity index (χ4v) is 3.11. The molecule has 0 bridgehead atoms. The number of carbonyl (C=O) groups is 1. The van der Waals surface area contributed by atoms with Crippen molar-refractivity contribution in [1.82, 2.24) is 10.2 Å². The lowest BCUT2D eigenvalue weighted by molar-refractivity contribution is -0.125. The van der Waals surface area contributed by atoms with Gasteiger partial charge in [-0.1, -0.05) is 23.7 Å². The summed E-state index contributed by atoms with van der Waals surface area (Å²) >= 11 is 7.42. The van der Waals surface area contributed by atoms with Crippen molar-refractivity contribution in [3.05, 3.63) is 57.0 Å². The fourth-order valence-electron chi connectivity index (χ4n) is 1.96. The lowest BCUT2D eigenvalue weighted by Gasteiger charge is -2.23. The van der Waals surface area contributed by atoms with Crippen LogP contribution in [0.2, 0.25) is 4.34 Å². The van der Waals surface area contributed by atoms with Crippen LogP contribution in [0.15, 0.2) is 36.4 Å². The van der Waals surface area contributed by atoms with Crippen LogP contribution in [-0.2, 0) is 17.9 Å². The Hall–Kier alpha value is -1.43. The van der Waals surface area contributed by atoms with Crippen LogP contribution >= 0.6 is 22.9 Å². The van der Waals surface area contributed by atoms with E-state index in [0.717, 1.165) is 14.8 Å². The van der Waals surface area contributed by atoms with E-state index >= 15 is 0 Å². The summed E-state index contributed by atoms with van der Waals surface area (Å²) in [5.74, 6) is -0.340. The molecule has 0 saturated heterocycles. The second-order valence-corrected chi connectivity index (χ2v) is 6.94. The molecular weight excluding hydrogens is 323 g/mol. The number of halogens is 2. The Morgan fingerprint density at radius 2 is 2.00 bits per heavy atom. The van der Waals surface area contributed by atoms with E-state index in [1.54, 1.807) is 12.1 Å². The van der Waals surface area contributed by atoms with E-state index in [1.807, 2.05) is 31.0 Å². The molecule has 1 N–H and O–H groups in total. The van der Waals surface area contributed by atoms with Crippen molar-refractivity contribution < 1.29 is 9.18 Å². The van der Waals surface area contributed by atoms with E-state index in [1.165, 1.54) is 23.5 Å². The number of hydrogen-bond donors (Lipinski definition) is 1. The topological polar surface area (TPSA) is 32.3 Å². The molecule has 3 nitrogen and oxygen atoms in total. The highest BCUT2D eigenvalue weighted by atomic mass is 35.5. The quantitative estimate of drug-likeness (QED) is 0.870. The molecule has 1 atom stereocenters. The van der Waals surface area contributed by atoms with Crippen molar-refractivity contribution in [1.29, 1.82) is 0 Å². The Bertz CT molecular complexity index is 629. The second kappa shape index (κ2) is 7.72. The summed E-state index contributed by atoms with van der Waals surface area (Å²) in [6.45, 7) is 2.92. The summed E-state index contributed by atoms with van der Waals surface area (Å²) < 4.78 is 13.6. The number of amides is 1. The minimum Gasteiger partial charge on any atom is -0.351 e. The molecule has 1 aromatic heterocycles. The Morgan fingerprint density at radius 1 is 1.32 bits per heavy atom. The van der Waals surface area contributed by atoms with Crippen molar-refractivity contribution in [3.8, 4) is 0 Å². The van der Waals surface area contributed by atoms with Crippen LogP contribution < -0.4 is 5.32 Å². The van der Waals surface area contributed by atoms with Crippen molar-refractivity contribution in [2.75, 3.05) is 7.05 Å². The van der Waals surface area contributed by atoms with Gasteiger partial charge in [0.15, 0.2) is 0 Å². The van der Waals surface area contributed by atoms with Gasteiger partial charge < -0.3 is 5.32 Å². The van der Waals surface area contributed by atoms with Crippen LogP contribution in [-0.4, -0.2) is 23.9 Å². The number of benzene rings is 1. The van der Waals surface area contributed by atoms with E-state index in [2.05, 4.69) is 5.32 Å². The Balaban J connectivity index is 1.84. The number of thiophene rings is 1. The Kier molecular flexibility index (Phi) is 5.94. The number of likely N-dealkylation sites (N-methyl/N-ethyl adjacent to an activating group) is 1. The van der Waals surface area contributed by atoms with E-state index in [0.29, 0.717) is 13.1 Å². The largest absolute Gasteiger partial charge is 0.351 e. The van der Waals surface area contributed by atoms with Gasteiger partial charge in [0, 0.05) is 18.0 Å². The first-order chi connectivity index (χ1) is 10.5. The number of carbonyl (C=O) groups excluding carboxylic acids is 1. The van der Waals surface area contributed by atoms with Crippen LogP contribution in [0.25, 0.3) is 0 Å². The molecule has 0 saturated carbocycles. The lowest BCUT2D eigenvalue weighted by Crippen LogP contribution is -2.42.